The first kappa shape index (κ1) is 21.8. The molecule has 1 fully saturated rings. The second kappa shape index (κ2) is 9.05. The Balaban J connectivity index is 1.62. The third kappa shape index (κ3) is 4.14. The predicted octanol–water partition coefficient (Wildman–Crippen LogP) is 5.02. The van der Waals surface area contributed by atoms with Crippen molar-refractivity contribution in [1.82, 2.24) is 15.1 Å². The highest BCUT2D eigenvalue weighted by Gasteiger charge is 2.34. The van der Waals surface area contributed by atoms with Gasteiger partial charge in [-0.1, -0.05) is 60.1 Å². The number of benzene rings is 3. The molecule has 34 heavy (non-hydrogen) atoms. The number of aromatic nitrogens is 2. The maximum absolute atomic E-state index is 13.4. The molecule has 1 aromatic heterocycles. The van der Waals surface area contributed by atoms with Gasteiger partial charge in [0.1, 0.15) is 5.57 Å². The molecule has 0 unspecified atom stereocenters. The number of anilines is 1. The van der Waals surface area contributed by atoms with Gasteiger partial charge in [0.25, 0.3) is 11.8 Å². The molecule has 0 aliphatic carbocycles. The van der Waals surface area contributed by atoms with E-state index in [1.807, 2.05) is 60.7 Å². The summed E-state index contributed by atoms with van der Waals surface area (Å²) in [5, 5.41) is 7.89. The summed E-state index contributed by atoms with van der Waals surface area (Å²) in [5.74, 6) is -1.09. The lowest BCUT2D eigenvalue weighted by Crippen LogP contribution is -2.54. The SMILES string of the molecule is O=C1NC(=S)N(c2ccc(Cl)cc2)C(=O)C1=Cc1cn(-c2ccccc2)nc1-c1ccccc1. The number of halogens is 1. The molecule has 2 heterocycles. The zero-order valence-electron chi connectivity index (χ0n) is 17.7. The second-order valence-electron chi connectivity index (χ2n) is 7.51. The molecule has 4 aromatic rings. The van der Waals surface area contributed by atoms with Crippen LogP contribution in [-0.4, -0.2) is 26.7 Å². The summed E-state index contributed by atoms with van der Waals surface area (Å²) < 4.78 is 1.72. The van der Waals surface area contributed by atoms with Crippen molar-refractivity contribution >= 4 is 52.5 Å². The lowest BCUT2D eigenvalue weighted by atomic mass is 10.0. The van der Waals surface area contributed by atoms with Gasteiger partial charge in [0.15, 0.2) is 5.11 Å². The molecule has 5 rings (SSSR count). The molecule has 0 bridgehead atoms. The Labute approximate surface area is 206 Å². The molecular weight excluding hydrogens is 468 g/mol. The van der Waals surface area contributed by atoms with Crippen molar-refractivity contribution in [1.29, 1.82) is 0 Å². The normalized spacial score (nSPS) is 15.0. The largest absolute Gasteiger partial charge is 0.298 e. The summed E-state index contributed by atoms with van der Waals surface area (Å²) >= 11 is 11.3. The average Bonchev–Trinajstić information content (AvgIpc) is 3.28. The van der Waals surface area contributed by atoms with Gasteiger partial charge in [-0.3, -0.25) is 19.8 Å². The van der Waals surface area contributed by atoms with Crippen molar-refractivity contribution in [2.75, 3.05) is 4.90 Å². The van der Waals surface area contributed by atoms with Crippen molar-refractivity contribution in [3.63, 3.8) is 0 Å². The minimum atomic E-state index is -0.563. The zero-order valence-corrected chi connectivity index (χ0v) is 19.3. The van der Waals surface area contributed by atoms with Crippen molar-refractivity contribution < 1.29 is 9.59 Å². The monoisotopic (exact) mass is 484 g/mol. The van der Waals surface area contributed by atoms with Crippen molar-refractivity contribution in [3.05, 3.63) is 107 Å². The summed E-state index contributed by atoms with van der Waals surface area (Å²) in [6.07, 6.45) is 3.35. The number of rotatable bonds is 4. The Hall–Kier alpha value is -4.07. The highest BCUT2D eigenvalue weighted by molar-refractivity contribution is 7.80. The Morgan fingerprint density at radius 2 is 1.50 bits per heavy atom. The van der Waals surface area contributed by atoms with Gasteiger partial charge >= 0.3 is 0 Å². The lowest BCUT2D eigenvalue weighted by Gasteiger charge is -2.28. The van der Waals surface area contributed by atoms with E-state index in [2.05, 4.69) is 5.32 Å². The molecule has 8 heteroatoms. The number of nitrogens with one attached hydrogen (secondary N) is 1. The second-order valence-corrected chi connectivity index (χ2v) is 8.34. The molecule has 3 aromatic carbocycles. The third-order valence-electron chi connectivity index (χ3n) is 5.30. The van der Waals surface area contributed by atoms with Crippen LogP contribution in [0.25, 0.3) is 23.0 Å². The van der Waals surface area contributed by atoms with E-state index in [9.17, 15) is 9.59 Å². The summed E-state index contributed by atoms with van der Waals surface area (Å²) in [6, 6.07) is 25.9. The molecule has 1 aliphatic heterocycles. The smallest absolute Gasteiger partial charge is 0.270 e. The molecule has 2 amide bonds. The summed E-state index contributed by atoms with van der Waals surface area (Å²) in [5.41, 5.74) is 3.44. The molecule has 1 aliphatic rings. The van der Waals surface area contributed by atoms with Crippen molar-refractivity contribution in [2.24, 2.45) is 0 Å². The lowest BCUT2D eigenvalue weighted by molar-refractivity contribution is -0.122. The topological polar surface area (TPSA) is 67.2 Å². The zero-order chi connectivity index (χ0) is 23.7. The van der Waals surface area contributed by atoms with Gasteiger partial charge in [-0.2, -0.15) is 5.10 Å². The number of hydrogen-bond donors (Lipinski definition) is 1. The molecule has 0 atom stereocenters. The first-order valence-electron chi connectivity index (χ1n) is 10.4. The van der Waals surface area contributed by atoms with Crippen LogP contribution in [0.15, 0.2) is 96.7 Å². The average molecular weight is 485 g/mol. The summed E-state index contributed by atoms with van der Waals surface area (Å²) in [6.45, 7) is 0. The Kier molecular flexibility index (Phi) is 5.79. The number of thiocarbonyl (C=S) groups is 1. The van der Waals surface area contributed by atoms with Gasteiger partial charge in [-0.25, -0.2) is 4.68 Å². The van der Waals surface area contributed by atoms with Gasteiger partial charge in [0, 0.05) is 22.3 Å². The van der Waals surface area contributed by atoms with Gasteiger partial charge < -0.3 is 0 Å². The quantitative estimate of drug-likeness (QED) is 0.251. The molecule has 0 saturated carbocycles. The number of hydrogen-bond acceptors (Lipinski definition) is 4. The molecule has 1 N–H and O–H groups in total. The fourth-order valence-electron chi connectivity index (χ4n) is 3.66. The van der Waals surface area contributed by atoms with Gasteiger partial charge in [-0.05, 0) is 54.7 Å². The highest BCUT2D eigenvalue weighted by Crippen LogP contribution is 2.28. The van der Waals surface area contributed by atoms with Gasteiger partial charge in [0.05, 0.1) is 17.1 Å². The molecule has 0 radical (unpaired) electrons. The standard InChI is InChI=1S/C26H17ClN4O2S/c27-19-11-13-21(14-12-19)31-25(33)22(24(32)28-26(31)34)15-18-16-30(20-9-5-2-6-10-20)29-23(18)17-7-3-1-4-8-17/h1-16H,(H,28,32,34). The third-order valence-corrected chi connectivity index (χ3v) is 5.83. The van der Waals surface area contributed by atoms with Crippen LogP contribution >= 0.6 is 23.8 Å². The van der Waals surface area contributed by atoms with E-state index in [1.54, 1.807) is 41.2 Å². The van der Waals surface area contributed by atoms with Crippen LogP contribution in [0.1, 0.15) is 5.56 Å². The molecule has 1 saturated heterocycles. The summed E-state index contributed by atoms with van der Waals surface area (Å²) in [7, 11) is 0. The van der Waals surface area contributed by atoms with Crippen molar-refractivity contribution in [2.45, 2.75) is 0 Å². The van der Waals surface area contributed by atoms with E-state index in [0.29, 0.717) is 22.0 Å². The first-order chi connectivity index (χ1) is 16.5. The molecule has 6 nitrogen and oxygen atoms in total. The number of carbonyl (C=O) groups excluding carboxylic acids is 2. The van der Waals surface area contributed by atoms with Crippen molar-refractivity contribution in [3.8, 4) is 16.9 Å². The fraction of sp³-hybridized carbons (Fsp3) is 0. The Morgan fingerprint density at radius 3 is 2.18 bits per heavy atom. The van der Waals surface area contributed by atoms with E-state index in [4.69, 9.17) is 28.9 Å². The van der Waals surface area contributed by atoms with Gasteiger partial charge in [0.2, 0.25) is 0 Å². The summed E-state index contributed by atoms with van der Waals surface area (Å²) in [4.78, 5) is 27.5. The number of nitrogens with zero attached hydrogens (tertiary/aromatic N) is 3. The number of carbonyl (C=O) groups is 2. The van der Waals surface area contributed by atoms with Crippen LogP contribution in [0.2, 0.25) is 5.02 Å². The van der Waals surface area contributed by atoms with Gasteiger partial charge in [-0.15, -0.1) is 0 Å². The van der Waals surface area contributed by atoms with E-state index in [0.717, 1.165) is 11.3 Å². The first-order valence-corrected chi connectivity index (χ1v) is 11.2. The van der Waals surface area contributed by atoms with Crippen LogP contribution in [0.3, 0.4) is 0 Å². The Morgan fingerprint density at radius 1 is 0.853 bits per heavy atom. The minimum absolute atomic E-state index is 0.0118. The minimum Gasteiger partial charge on any atom is -0.298 e. The van der Waals surface area contributed by atoms with Crippen LogP contribution in [0.4, 0.5) is 5.69 Å². The van der Waals surface area contributed by atoms with Crippen LogP contribution in [-0.2, 0) is 9.59 Å². The number of para-hydroxylation sites is 1. The molecular formula is C26H17ClN4O2S. The van der Waals surface area contributed by atoms with E-state index in [-0.39, 0.29) is 10.7 Å². The molecule has 166 valence electrons. The van der Waals surface area contributed by atoms with Crippen LogP contribution in [0, 0.1) is 0 Å². The predicted molar refractivity (Wildman–Crippen MR) is 137 cm³/mol. The highest BCUT2D eigenvalue weighted by atomic mass is 35.5. The van der Waals surface area contributed by atoms with Crippen LogP contribution < -0.4 is 10.2 Å². The maximum atomic E-state index is 13.4. The van der Waals surface area contributed by atoms with Crippen LogP contribution in [0.5, 0.6) is 0 Å². The Bertz CT molecular complexity index is 1430. The fourth-order valence-corrected chi connectivity index (χ4v) is 4.07. The van der Waals surface area contributed by atoms with E-state index in [1.165, 1.54) is 4.90 Å². The molecule has 0 spiro atoms. The van der Waals surface area contributed by atoms with E-state index >= 15 is 0 Å². The maximum Gasteiger partial charge on any atom is 0.270 e. The van der Waals surface area contributed by atoms with E-state index < -0.39 is 11.8 Å². The number of amides is 2.